The Hall–Kier alpha value is -1.73. The van der Waals surface area contributed by atoms with Gasteiger partial charge >= 0.3 is 6.18 Å². The van der Waals surface area contributed by atoms with Crippen molar-refractivity contribution in [3.8, 4) is 0 Å². The van der Waals surface area contributed by atoms with Crippen LogP contribution >= 0.6 is 0 Å². The molecule has 0 aromatic heterocycles. The van der Waals surface area contributed by atoms with Gasteiger partial charge in [0.05, 0.1) is 0 Å². The molecule has 0 aliphatic carbocycles. The normalized spacial score (nSPS) is 13.7. The summed E-state index contributed by atoms with van der Waals surface area (Å²) in [6, 6.07) is 5.09. The second kappa shape index (κ2) is 8.77. The number of ether oxygens (including phenoxy) is 1. The zero-order chi connectivity index (χ0) is 20.1. The Kier molecular flexibility index (Phi) is 7.53. The first-order valence-corrected chi connectivity index (χ1v) is 8.67. The maximum atomic E-state index is 12.0. The van der Waals surface area contributed by atoms with Gasteiger partial charge in [0.2, 0.25) is 0 Å². The second-order valence-corrected chi connectivity index (χ2v) is 7.26. The summed E-state index contributed by atoms with van der Waals surface area (Å²) in [5.41, 5.74) is -0.904. The Morgan fingerprint density at radius 1 is 1.31 bits per heavy atom. The number of halogens is 3. The fourth-order valence-electron chi connectivity index (χ4n) is 1.81. The lowest BCUT2D eigenvalue weighted by Gasteiger charge is -2.21. The van der Waals surface area contributed by atoms with E-state index in [1.807, 2.05) is 0 Å². The van der Waals surface area contributed by atoms with Crippen molar-refractivity contribution in [3.05, 3.63) is 29.3 Å². The fraction of sp³-hybridized carbons (Fsp3) is 0.500. The fourth-order valence-corrected chi connectivity index (χ4v) is 2.62. The molecule has 0 bridgehead atoms. The number of carbonyl (C=O) groups excluding carboxylic acids is 1. The van der Waals surface area contributed by atoms with E-state index in [0.29, 0.717) is 16.8 Å². The molecule has 1 atom stereocenters. The van der Waals surface area contributed by atoms with E-state index >= 15 is 0 Å². The highest BCUT2D eigenvalue weighted by molar-refractivity contribution is 7.90. The molecule has 0 radical (unpaired) electrons. The van der Waals surface area contributed by atoms with E-state index < -0.39 is 40.9 Å². The molecule has 0 aliphatic rings. The van der Waals surface area contributed by atoms with Gasteiger partial charge in [0, 0.05) is 12.7 Å². The molecule has 26 heavy (non-hydrogen) atoms. The largest absolute Gasteiger partial charge is 0.411 e. The molecule has 0 spiro atoms. The van der Waals surface area contributed by atoms with Crippen LogP contribution in [0.2, 0.25) is 0 Å². The molecule has 1 aromatic carbocycles. The third-order valence-electron chi connectivity index (χ3n) is 3.18. The molecule has 1 rings (SSSR count). The monoisotopic (exact) mass is 400 g/mol. The number of para-hydroxylation sites is 1. The number of aliphatic hydroxyl groups excluding tert-OH is 1. The van der Waals surface area contributed by atoms with Crippen molar-refractivity contribution in [2.45, 2.75) is 25.5 Å². The number of aliphatic hydroxyl groups is 1. The predicted molar refractivity (Wildman–Crippen MR) is 85.2 cm³/mol. The number of amides is 1. The summed E-state index contributed by atoms with van der Waals surface area (Å²) in [5.74, 6) is -1.24. The van der Waals surface area contributed by atoms with Gasteiger partial charge in [-0.2, -0.15) is 13.2 Å². The Labute approximate surface area is 148 Å². The van der Waals surface area contributed by atoms with Gasteiger partial charge < -0.3 is 15.2 Å². The third-order valence-corrected chi connectivity index (χ3v) is 4.78. The molecular formula is C14H19F3N2O6S. The van der Waals surface area contributed by atoms with Gasteiger partial charge in [-0.25, -0.2) is 8.42 Å². The number of nitrogens with one attached hydrogen (secondary N) is 1. The minimum atomic E-state index is -4.71. The summed E-state index contributed by atoms with van der Waals surface area (Å²) < 4.78 is 64.0. The van der Waals surface area contributed by atoms with Crippen molar-refractivity contribution in [2.75, 3.05) is 25.8 Å². The van der Waals surface area contributed by atoms with Crippen molar-refractivity contribution in [2.24, 2.45) is 0 Å². The lowest BCUT2D eigenvalue weighted by Crippen LogP contribution is -2.43. The maximum absolute atomic E-state index is 12.0. The highest BCUT2D eigenvalue weighted by atomic mass is 32.2. The van der Waals surface area contributed by atoms with Gasteiger partial charge in [0.1, 0.15) is 6.61 Å². The Bertz CT molecular complexity index is 718. The van der Waals surface area contributed by atoms with Crippen LogP contribution in [0.5, 0.6) is 0 Å². The minimum Gasteiger partial charge on any atom is -0.368 e. The number of alkyl halides is 3. The zero-order valence-corrected chi connectivity index (χ0v) is 15.0. The highest BCUT2D eigenvalue weighted by Gasteiger charge is 2.35. The van der Waals surface area contributed by atoms with Crippen LogP contribution < -0.4 is 5.32 Å². The molecule has 0 saturated heterocycles. The van der Waals surface area contributed by atoms with Crippen molar-refractivity contribution < 1.29 is 41.1 Å². The summed E-state index contributed by atoms with van der Waals surface area (Å²) in [6.07, 6.45) is -4.61. The first-order valence-electron chi connectivity index (χ1n) is 7.16. The molecule has 12 heteroatoms. The van der Waals surface area contributed by atoms with Crippen LogP contribution in [0.3, 0.4) is 0 Å². The smallest absolute Gasteiger partial charge is 0.368 e. The number of anilines is 1. The van der Waals surface area contributed by atoms with E-state index in [4.69, 9.17) is 0 Å². The SMILES string of the molecule is Cc1cccc(C)c1NC(=O)C(O)S(=O)(=O)N(C)OCOCC(F)(F)F. The third kappa shape index (κ3) is 6.21. The summed E-state index contributed by atoms with van der Waals surface area (Å²) in [4.78, 5) is 16.5. The van der Waals surface area contributed by atoms with Crippen molar-refractivity contribution in [1.82, 2.24) is 4.47 Å². The number of rotatable bonds is 8. The second-order valence-electron chi connectivity index (χ2n) is 5.27. The van der Waals surface area contributed by atoms with Crippen LogP contribution in [0.15, 0.2) is 18.2 Å². The van der Waals surface area contributed by atoms with Crippen molar-refractivity contribution in [1.29, 1.82) is 0 Å². The first kappa shape index (κ1) is 22.3. The number of hydroxylamine groups is 1. The van der Waals surface area contributed by atoms with Crippen LogP contribution in [0.1, 0.15) is 11.1 Å². The van der Waals surface area contributed by atoms with Crippen LogP contribution in [-0.2, 0) is 24.4 Å². The molecule has 1 aromatic rings. The predicted octanol–water partition coefficient (Wildman–Crippen LogP) is 1.29. The van der Waals surface area contributed by atoms with Gasteiger partial charge in [0.15, 0.2) is 6.79 Å². The molecular weight excluding hydrogens is 381 g/mol. The van der Waals surface area contributed by atoms with Crippen molar-refractivity contribution in [3.63, 3.8) is 0 Å². The molecule has 1 unspecified atom stereocenters. The van der Waals surface area contributed by atoms with Crippen molar-refractivity contribution >= 4 is 21.6 Å². The van der Waals surface area contributed by atoms with Gasteiger partial charge in [0.25, 0.3) is 21.4 Å². The number of carbonyl (C=O) groups is 1. The Morgan fingerprint density at radius 3 is 2.35 bits per heavy atom. The van der Waals surface area contributed by atoms with Gasteiger partial charge in [-0.15, -0.1) is 0 Å². The standard InChI is InChI=1S/C14H19F3N2O6S/c1-9-5-4-6-10(2)11(9)18-12(20)13(21)26(22,23)19(3)25-8-24-7-14(15,16)17/h4-6,13,21H,7-8H2,1-3H3,(H,18,20). The molecule has 0 fully saturated rings. The van der Waals surface area contributed by atoms with Crippen LogP contribution in [0.25, 0.3) is 0 Å². The van der Waals surface area contributed by atoms with E-state index in [1.165, 1.54) is 0 Å². The first-order chi connectivity index (χ1) is 11.9. The molecule has 0 aliphatic heterocycles. The average molecular weight is 400 g/mol. The molecule has 2 N–H and O–H groups in total. The number of hydrogen-bond acceptors (Lipinski definition) is 6. The Balaban J connectivity index is 2.71. The number of nitrogens with zero attached hydrogens (tertiary/aromatic N) is 1. The molecule has 8 nitrogen and oxygen atoms in total. The molecule has 0 saturated carbocycles. The van der Waals surface area contributed by atoms with E-state index in [9.17, 15) is 31.5 Å². The molecule has 0 heterocycles. The van der Waals surface area contributed by atoms with Crippen LogP contribution in [0, 0.1) is 13.8 Å². The van der Waals surface area contributed by atoms with E-state index in [2.05, 4.69) is 14.9 Å². The average Bonchev–Trinajstić information content (AvgIpc) is 2.53. The quantitative estimate of drug-likeness (QED) is 0.387. The van der Waals surface area contributed by atoms with Crippen LogP contribution in [-0.4, -0.2) is 56.0 Å². The van der Waals surface area contributed by atoms with E-state index in [1.54, 1.807) is 32.0 Å². The number of aryl methyl sites for hydroxylation is 2. The minimum absolute atomic E-state index is 0.0678. The van der Waals surface area contributed by atoms with Gasteiger partial charge in [-0.3, -0.25) is 9.63 Å². The van der Waals surface area contributed by atoms with Crippen LogP contribution in [0.4, 0.5) is 18.9 Å². The summed E-state index contributed by atoms with van der Waals surface area (Å²) in [5, 5.41) is 12.1. The topological polar surface area (TPSA) is 105 Å². The van der Waals surface area contributed by atoms with Gasteiger partial charge in [-0.05, 0) is 25.0 Å². The molecule has 1 amide bonds. The van der Waals surface area contributed by atoms with Gasteiger partial charge in [-0.1, -0.05) is 22.7 Å². The zero-order valence-electron chi connectivity index (χ0n) is 14.2. The number of hydrogen-bond donors (Lipinski definition) is 2. The Morgan fingerprint density at radius 2 is 1.85 bits per heavy atom. The van der Waals surface area contributed by atoms with E-state index in [0.717, 1.165) is 7.05 Å². The highest BCUT2D eigenvalue weighted by Crippen LogP contribution is 2.20. The lowest BCUT2D eigenvalue weighted by molar-refractivity contribution is -0.225. The van der Waals surface area contributed by atoms with E-state index in [-0.39, 0.29) is 4.47 Å². The maximum Gasteiger partial charge on any atom is 0.411 e. The summed E-state index contributed by atoms with van der Waals surface area (Å²) >= 11 is 0. The number of sulfonamides is 1. The summed E-state index contributed by atoms with van der Waals surface area (Å²) in [6.45, 7) is 0.671. The summed E-state index contributed by atoms with van der Waals surface area (Å²) in [7, 11) is -3.90. The molecule has 148 valence electrons. The number of benzene rings is 1. The lowest BCUT2D eigenvalue weighted by atomic mass is 10.1.